The summed E-state index contributed by atoms with van der Waals surface area (Å²) >= 11 is 5.93. The van der Waals surface area contributed by atoms with Crippen molar-refractivity contribution in [2.45, 2.75) is 6.92 Å². The molecule has 0 saturated carbocycles. The fraction of sp³-hybridized carbons (Fsp3) is 0.125. The molecule has 0 atom stereocenters. The van der Waals surface area contributed by atoms with Gasteiger partial charge >= 0.3 is 6.03 Å². The maximum Gasteiger partial charge on any atom is 0.316 e. The molecule has 2 aromatic rings. The van der Waals surface area contributed by atoms with Gasteiger partial charge in [0, 0.05) is 16.4 Å². The van der Waals surface area contributed by atoms with E-state index in [1.54, 1.807) is 42.5 Å². The number of carbonyl (C=O) groups excluding carboxylic acids is 2. The van der Waals surface area contributed by atoms with Crippen molar-refractivity contribution in [1.82, 2.24) is 0 Å². The maximum atomic E-state index is 11.9. The number of ether oxygens (including phenoxy) is 1. The molecule has 7 heteroatoms. The zero-order valence-electron chi connectivity index (χ0n) is 12.4. The highest BCUT2D eigenvalue weighted by molar-refractivity contribution is 6.31. The Morgan fingerprint density at radius 3 is 2.48 bits per heavy atom. The number of anilines is 2. The van der Waals surface area contributed by atoms with Crippen LogP contribution < -0.4 is 21.1 Å². The zero-order valence-corrected chi connectivity index (χ0v) is 13.2. The van der Waals surface area contributed by atoms with Crippen molar-refractivity contribution in [1.29, 1.82) is 0 Å². The zero-order chi connectivity index (χ0) is 16.8. The number of urea groups is 1. The number of primary amides is 1. The van der Waals surface area contributed by atoms with Gasteiger partial charge < -0.3 is 21.1 Å². The van der Waals surface area contributed by atoms with E-state index < -0.39 is 6.03 Å². The van der Waals surface area contributed by atoms with Gasteiger partial charge in [-0.3, -0.25) is 4.79 Å². The first-order valence-corrected chi connectivity index (χ1v) is 7.17. The highest BCUT2D eigenvalue weighted by Gasteiger charge is 2.06. The predicted octanol–water partition coefficient (Wildman–Crippen LogP) is 3.16. The van der Waals surface area contributed by atoms with Gasteiger partial charge in [-0.15, -0.1) is 0 Å². The van der Waals surface area contributed by atoms with Crippen LogP contribution in [-0.4, -0.2) is 18.5 Å². The van der Waals surface area contributed by atoms with Crippen molar-refractivity contribution >= 4 is 34.9 Å². The Morgan fingerprint density at radius 2 is 1.83 bits per heavy atom. The molecule has 0 heterocycles. The van der Waals surface area contributed by atoms with Crippen molar-refractivity contribution in [3.8, 4) is 5.75 Å². The first kappa shape index (κ1) is 16.6. The minimum Gasteiger partial charge on any atom is -0.484 e. The number of halogens is 1. The molecule has 0 aromatic heterocycles. The normalized spacial score (nSPS) is 10.0. The molecular weight excluding hydrogens is 318 g/mol. The second kappa shape index (κ2) is 7.51. The number of nitrogens with two attached hydrogens (primary N) is 1. The highest BCUT2D eigenvalue weighted by atomic mass is 35.5. The van der Waals surface area contributed by atoms with Crippen LogP contribution in [0.2, 0.25) is 5.02 Å². The van der Waals surface area contributed by atoms with E-state index in [4.69, 9.17) is 22.1 Å². The molecule has 0 bridgehead atoms. The van der Waals surface area contributed by atoms with E-state index in [0.717, 1.165) is 5.56 Å². The van der Waals surface area contributed by atoms with E-state index >= 15 is 0 Å². The molecule has 0 aliphatic rings. The summed E-state index contributed by atoms with van der Waals surface area (Å²) in [6, 6.07) is 11.1. The molecule has 0 spiro atoms. The summed E-state index contributed by atoms with van der Waals surface area (Å²) in [6.07, 6.45) is 0. The molecule has 3 amide bonds. The summed E-state index contributed by atoms with van der Waals surface area (Å²) < 4.78 is 5.41. The minimum atomic E-state index is -0.671. The summed E-state index contributed by atoms with van der Waals surface area (Å²) in [5.74, 6) is 0.236. The first-order chi connectivity index (χ1) is 10.9. The lowest BCUT2D eigenvalue weighted by atomic mass is 10.2. The molecule has 0 fully saturated rings. The van der Waals surface area contributed by atoms with Crippen molar-refractivity contribution in [2.75, 3.05) is 17.2 Å². The molecule has 0 aliphatic heterocycles. The number of nitrogens with one attached hydrogen (secondary N) is 2. The van der Waals surface area contributed by atoms with Crippen LogP contribution in [0.1, 0.15) is 5.56 Å². The van der Waals surface area contributed by atoms with Gasteiger partial charge in [0.15, 0.2) is 6.61 Å². The monoisotopic (exact) mass is 333 g/mol. The van der Waals surface area contributed by atoms with Crippen LogP contribution in [0.15, 0.2) is 42.5 Å². The van der Waals surface area contributed by atoms with Crippen LogP contribution in [0.4, 0.5) is 16.2 Å². The smallest absolute Gasteiger partial charge is 0.316 e. The molecule has 4 N–H and O–H groups in total. The fourth-order valence-electron chi connectivity index (χ4n) is 1.87. The first-order valence-electron chi connectivity index (χ1n) is 6.79. The Morgan fingerprint density at radius 1 is 1.13 bits per heavy atom. The summed E-state index contributed by atoms with van der Waals surface area (Å²) in [7, 11) is 0. The molecule has 6 nitrogen and oxygen atoms in total. The van der Waals surface area contributed by atoms with Crippen LogP contribution in [0, 0.1) is 6.92 Å². The van der Waals surface area contributed by atoms with Crippen LogP contribution in [0.25, 0.3) is 0 Å². The molecule has 2 rings (SSSR count). The van der Waals surface area contributed by atoms with Gasteiger partial charge in [-0.05, 0) is 48.9 Å². The van der Waals surface area contributed by atoms with E-state index in [2.05, 4.69) is 10.6 Å². The van der Waals surface area contributed by atoms with Crippen LogP contribution in [-0.2, 0) is 4.79 Å². The van der Waals surface area contributed by atoms with Gasteiger partial charge in [0.1, 0.15) is 5.75 Å². The van der Waals surface area contributed by atoms with Gasteiger partial charge in [-0.2, -0.15) is 0 Å². The highest BCUT2D eigenvalue weighted by Crippen LogP contribution is 2.21. The molecule has 120 valence electrons. The third kappa shape index (κ3) is 5.19. The van der Waals surface area contributed by atoms with Crippen molar-refractivity contribution in [3.63, 3.8) is 0 Å². The standard InChI is InChI=1S/C16H16ClN3O3/c1-10-7-13(5-6-14(10)17)23-9-15(21)19-11-3-2-4-12(8-11)20-16(18)22/h2-8H,9H2,1H3,(H,19,21)(H3,18,20,22). The summed E-state index contributed by atoms with van der Waals surface area (Å²) in [6.45, 7) is 1.71. The van der Waals surface area contributed by atoms with E-state index in [1.165, 1.54) is 0 Å². The van der Waals surface area contributed by atoms with Gasteiger partial charge in [0.05, 0.1) is 0 Å². The molecule has 0 aliphatic carbocycles. The van der Waals surface area contributed by atoms with Crippen LogP contribution >= 0.6 is 11.6 Å². The lowest BCUT2D eigenvalue weighted by molar-refractivity contribution is -0.118. The molecule has 0 radical (unpaired) electrons. The van der Waals surface area contributed by atoms with E-state index in [0.29, 0.717) is 22.1 Å². The Hall–Kier alpha value is -2.73. The quantitative estimate of drug-likeness (QED) is 0.784. The third-order valence-electron chi connectivity index (χ3n) is 2.91. The molecule has 0 unspecified atom stereocenters. The average Bonchev–Trinajstić information content (AvgIpc) is 2.48. The number of benzene rings is 2. The number of carbonyl (C=O) groups is 2. The Labute approximate surface area is 138 Å². The van der Waals surface area contributed by atoms with E-state index in [1.807, 2.05) is 6.92 Å². The van der Waals surface area contributed by atoms with Crippen molar-refractivity contribution in [2.24, 2.45) is 5.73 Å². The second-order valence-electron chi connectivity index (χ2n) is 4.82. The number of hydrogen-bond donors (Lipinski definition) is 3. The van der Waals surface area contributed by atoms with Gasteiger partial charge in [-0.1, -0.05) is 17.7 Å². The van der Waals surface area contributed by atoms with Gasteiger partial charge in [0.25, 0.3) is 5.91 Å². The lowest BCUT2D eigenvalue weighted by Crippen LogP contribution is -2.21. The molecular formula is C16H16ClN3O3. The van der Waals surface area contributed by atoms with Crippen molar-refractivity contribution < 1.29 is 14.3 Å². The Bertz CT molecular complexity index is 734. The number of aryl methyl sites for hydroxylation is 1. The molecule has 23 heavy (non-hydrogen) atoms. The Balaban J connectivity index is 1.91. The second-order valence-corrected chi connectivity index (χ2v) is 5.23. The summed E-state index contributed by atoms with van der Waals surface area (Å²) in [5, 5.41) is 5.74. The van der Waals surface area contributed by atoms with Gasteiger partial charge in [0.2, 0.25) is 0 Å². The van der Waals surface area contributed by atoms with E-state index in [-0.39, 0.29) is 12.5 Å². The maximum absolute atomic E-state index is 11.9. The third-order valence-corrected chi connectivity index (χ3v) is 3.34. The molecule has 2 aromatic carbocycles. The predicted molar refractivity (Wildman–Crippen MR) is 90.0 cm³/mol. The lowest BCUT2D eigenvalue weighted by Gasteiger charge is -2.09. The molecule has 0 saturated heterocycles. The van der Waals surface area contributed by atoms with E-state index in [9.17, 15) is 9.59 Å². The number of hydrogen-bond acceptors (Lipinski definition) is 3. The van der Waals surface area contributed by atoms with Gasteiger partial charge in [-0.25, -0.2) is 4.79 Å². The topological polar surface area (TPSA) is 93.4 Å². The number of amides is 3. The minimum absolute atomic E-state index is 0.144. The van der Waals surface area contributed by atoms with Crippen LogP contribution in [0.5, 0.6) is 5.75 Å². The fourth-order valence-corrected chi connectivity index (χ4v) is 1.99. The SMILES string of the molecule is Cc1cc(OCC(=O)Nc2cccc(NC(N)=O)c2)ccc1Cl. The largest absolute Gasteiger partial charge is 0.484 e. The number of rotatable bonds is 5. The summed E-state index contributed by atoms with van der Waals surface area (Å²) in [4.78, 5) is 22.7. The Kier molecular flexibility index (Phi) is 5.43. The van der Waals surface area contributed by atoms with Crippen LogP contribution in [0.3, 0.4) is 0 Å². The van der Waals surface area contributed by atoms with Crippen molar-refractivity contribution in [3.05, 3.63) is 53.1 Å². The summed E-state index contributed by atoms with van der Waals surface area (Å²) in [5.41, 5.74) is 6.93. The average molecular weight is 334 g/mol.